The van der Waals surface area contributed by atoms with Gasteiger partial charge < -0.3 is 9.73 Å². The normalized spacial score (nSPS) is 10.8. The predicted octanol–water partition coefficient (Wildman–Crippen LogP) is 3.17. The lowest BCUT2D eigenvalue weighted by Gasteiger charge is -2.04. The van der Waals surface area contributed by atoms with E-state index >= 15 is 0 Å². The monoisotopic (exact) mass is 277 g/mol. The first-order chi connectivity index (χ1) is 9.28. The van der Waals surface area contributed by atoms with Crippen molar-refractivity contribution in [2.45, 2.75) is 37.5 Å². The molecule has 0 unspecified atom stereocenters. The molecule has 19 heavy (non-hydrogen) atoms. The lowest BCUT2D eigenvalue weighted by atomic mass is 10.2. The van der Waals surface area contributed by atoms with Crippen LogP contribution in [0.3, 0.4) is 0 Å². The van der Waals surface area contributed by atoms with E-state index in [4.69, 9.17) is 4.42 Å². The predicted molar refractivity (Wildman–Crippen MR) is 77.0 cm³/mol. The molecule has 1 heterocycles. The third-order valence-corrected chi connectivity index (χ3v) is 3.61. The van der Waals surface area contributed by atoms with Crippen LogP contribution in [-0.4, -0.2) is 16.7 Å². The van der Waals surface area contributed by atoms with E-state index in [-0.39, 0.29) is 0 Å². The Labute approximate surface area is 118 Å². The molecule has 0 radical (unpaired) electrons. The summed E-state index contributed by atoms with van der Waals surface area (Å²) < 4.78 is 5.34. The van der Waals surface area contributed by atoms with E-state index < -0.39 is 0 Å². The Balaban J connectivity index is 1.81. The fourth-order valence-corrected chi connectivity index (χ4v) is 2.39. The van der Waals surface area contributed by atoms with Crippen molar-refractivity contribution in [1.29, 1.82) is 0 Å². The second-order valence-corrected chi connectivity index (χ2v) is 5.37. The third kappa shape index (κ3) is 4.69. The van der Waals surface area contributed by atoms with Gasteiger partial charge in [0.15, 0.2) is 0 Å². The highest BCUT2D eigenvalue weighted by atomic mass is 32.2. The van der Waals surface area contributed by atoms with Crippen molar-refractivity contribution < 1.29 is 4.42 Å². The first-order valence-electron chi connectivity index (χ1n) is 6.49. The molecule has 2 aromatic rings. The van der Waals surface area contributed by atoms with Crippen LogP contribution in [0.2, 0.25) is 0 Å². The summed E-state index contributed by atoms with van der Waals surface area (Å²) >= 11 is 1.71. The van der Waals surface area contributed by atoms with Gasteiger partial charge in [-0.2, -0.15) is 0 Å². The van der Waals surface area contributed by atoms with Crippen LogP contribution in [-0.2, 0) is 12.3 Å². The molecule has 0 aliphatic rings. The van der Waals surface area contributed by atoms with Crippen LogP contribution in [0.4, 0.5) is 0 Å². The quantitative estimate of drug-likeness (QED) is 0.622. The second kappa shape index (κ2) is 7.31. The molecule has 0 aliphatic carbocycles. The zero-order chi connectivity index (χ0) is 13.5. The third-order valence-electron chi connectivity index (χ3n) is 2.61. The van der Waals surface area contributed by atoms with Crippen LogP contribution >= 0.6 is 11.8 Å². The van der Waals surface area contributed by atoms with Gasteiger partial charge in [-0.15, -0.1) is 22.0 Å². The van der Waals surface area contributed by atoms with Crippen molar-refractivity contribution in [1.82, 2.24) is 15.5 Å². The Morgan fingerprint density at radius 1 is 1.21 bits per heavy atom. The van der Waals surface area contributed by atoms with Crippen LogP contribution in [0, 0.1) is 6.92 Å². The summed E-state index contributed by atoms with van der Waals surface area (Å²) in [6, 6.07) is 8.59. The molecule has 102 valence electrons. The molecule has 0 fully saturated rings. The summed E-state index contributed by atoms with van der Waals surface area (Å²) in [6.45, 7) is 5.97. The van der Waals surface area contributed by atoms with Gasteiger partial charge in [0, 0.05) is 18.4 Å². The van der Waals surface area contributed by atoms with E-state index in [1.165, 1.54) is 10.5 Å². The van der Waals surface area contributed by atoms with Crippen molar-refractivity contribution in [2.24, 2.45) is 0 Å². The maximum atomic E-state index is 5.34. The molecular weight excluding hydrogens is 258 g/mol. The minimum absolute atomic E-state index is 0.618. The molecule has 0 bridgehead atoms. The zero-order valence-electron chi connectivity index (χ0n) is 11.3. The average Bonchev–Trinajstić information content (AvgIpc) is 2.84. The van der Waals surface area contributed by atoms with E-state index in [2.05, 4.69) is 46.7 Å². The summed E-state index contributed by atoms with van der Waals surface area (Å²) in [6.07, 6.45) is 1.16. The topological polar surface area (TPSA) is 51.0 Å². The molecule has 0 saturated carbocycles. The van der Waals surface area contributed by atoms with Gasteiger partial charge >= 0.3 is 0 Å². The van der Waals surface area contributed by atoms with E-state index in [1.54, 1.807) is 18.7 Å². The molecule has 0 spiro atoms. The summed E-state index contributed by atoms with van der Waals surface area (Å²) in [5.74, 6) is 2.01. The van der Waals surface area contributed by atoms with E-state index in [1.807, 2.05) is 0 Å². The van der Waals surface area contributed by atoms with Gasteiger partial charge in [-0.1, -0.05) is 19.1 Å². The number of hydrogen-bond acceptors (Lipinski definition) is 5. The number of thioether (sulfide) groups is 1. The molecule has 5 heteroatoms. The van der Waals surface area contributed by atoms with Gasteiger partial charge in [-0.3, -0.25) is 0 Å². The highest BCUT2D eigenvalue weighted by molar-refractivity contribution is 7.98. The summed E-state index contributed by atoms with van der Waals surface area (Å²) in [4.78, 5) is 1.22. The number of nitrogens with one attached hydrogen (secondary N) is 1. The van der Waals surface area contributed by atoms with Crippen molar-refractivity contribution >= 4 is 11.8 Å². The highest BCUT2D eigenvalue weighted by Crippen LogP contribution is 2.22. The zero-order valence-corrected chi connectivity index (χ0v) is 12.2. The molecular formula is C14H19N3OS. The first kappa shape index (κ1) is 14.1. The summed E-state index contributed by atoms with van der Waals surface area (Å²) in [7, 11) is 0. The van der Waals surface area contributed by atoms with Gasteiger partial charge in [-0.25, -0.2) is 0 Å². The van der Waals surface area contributed by atoms with Gasteiger partial charge in [0.25, 0.3) is 0 Å². The number of nitrogens with zero attached hydrogens (tertiary/aromatic N) is 2. The van der Waals surface area contributed by atoms with Crippen LogP contribution < -0.4 is 5.32 Å². The summed E-state index contributed by atoms with van der Waals surface area (Å²) in [5.41, 5.74) is 1.31. The second-order valence-electron chi connectivity index (χ2n) is 4.32. The van der Waals surface area contributed by atoms with Crippen molar-refractivity contribution in [2.75, 3.05) is 6.54 Å². The Morgan fingerprint density at radius 3 is 2.63 bits per heavy atom. The van der Waals surface area contributed by atoms with Gasteiger partial charge in [-0.05, 0) is 30.7 Å². The Hall–Kier alpha value is -1.33. The number of hydrogen-bond donors (Lipinski definition) is 1. The molecule has 0 atom stereocenters. The van der Waals surface area contributed by atoms with E-state index in [0.717, 1.165) is 19.5 Å². The minimum atomic E-state index is 0.618. The first-order valence-corrected chi connectivity index (χ1v) is 7.48. The van der Waals surface area contributed by atoms with Crippen molar-refractivity contribution in [3.8, 4) is 0 Å². The molecule has 0 saturated heterocycles. The molecule has 0 aliphatic heterocycles. The molecule has 1 aromatic heterocycles. The van der Waals surface area contributed by atoms with Crippen molar-refractivity contribution in [3.63, 3.8) is 0 Å². The van der Waals surface area contributed by atoms with Crippen molar-refractivity contribution in [3.05, 3.63) is 41.6 Å². The number of aromatic nitrogens is 2. The highest BCUT2D eigenvalue weighted by Gasteiger charge is 2.03. The van der Waals surface area contributed by atoms with E-state index in [9.17, 15) is 0 Å². The molecule has 1 N–H and O–H groups in total. The molecule has 2 rings (SSSR count). The maximum absolute atomic E-state index is 5.34. The maximum Gasteiger partial charge on any atom is 0.226 e. The number of benzene rings is 1. The molecule has 4 nitrogen and oxygen atoms in total. The fourth-order valence-electron chi connectivity index (χ4n) is 1.65. The molecule has 0 amide bonds. The fraction of sp³-hybridized carbons (Fsp3) is 0.429. The standard InChI is InChI=1S/C14H19N3OS/c1-3-8-15-9-12-4-6-13(7-5-12)19-10-14-17-16-11(2)18-14/h4-7,15H,3,8-10H2,1-2H3. The Bertz CT molecular complexity index is 496. The number of rotatable bonds is 7. The molecule has 1 aromatic carbocycles. The van der Waals surface area contributed by atoms with Gasteiger partial charge in [0.05, 0.1) is 5.75 Å². The van der Waals surface area contributed by atoms with Crippen LogP contribution in [0.1, 0.15) is 30.7 Å². The lowest BCUT2D eigenvalue weighted by molar-refractivity contribution is 0.485. The Morgan fingerprint density at radius 2 is 2.00 bits per heavy atom. The van der Waals surface area contributed by atoms with Gasteiger partial charge in [0.1, 0.15) is 0 Å². The van der Waals surface area contributed by atoms with Crippen LogP contribution in [0.25, 0.3) is 0 Å². The Kier molecular flexibility index (Phi) is 5.42. The SMILES string of the molecule is CCCNCc1ccc(SCc2nnc(C)o2)cc1. The minimum Gasteiger partial charge on any atom is -0.425 e. The summed E-state index contributed by atoms with van der Waals surface area (Å²) in [5, 5.41) is 11.2. The smallest absolute Gasteiger partial charge is 0.226 e. The van der Waals surface area contributed by atoms with Crippen LogP contribution in [0.5, 0.6) is 0 Å². The number of aryl methyl sites for hydroxylation is 1. The van der Waals surface area contributed by atoms with Gasteiger partial charge in [0.2, 0.25) is 11.8 Å². The van der Waals surface area contributed by atoms with Crippen LogP contribution in [0.15, 0.2) is 33.6 Å². The largest absolute Gasteiger partial charge is 0.425 e. The van der Waals surface area contributed by atoms with E-state index in [0.29, 0.717) is 17.5 Å². The lowest BCUT2D eigenvalue weighted by Crippen LogP contribution is -2.13. The average molecular weight is 277 g/mol.